The van der Waals surface area contributed by atoms with Crippen molar-refractivity contribution in [3.8, 4) is 0 Å². The maximum atomic E-state index is 5.12. The second kappa shape index (κ2) is 4.90. The highest BCUT2D eigenvalue weighted by molar-refractivity contribution is 5.98. The zero-order valence-corrected chi connectivity index (χ0v) is 9.42. The van der Waals surface area contributed by atoms with Crippen LogP contribution < -0.4 is 0 Å². The summed E-state index contributed by atoms with van der Waals surface area (Å²) in [6, 6.07) is 10.3. The summed E-state index contributed by atoms with van der Waals surface area (Å²) in [7, 11) is 0.793. The Kier molecular flexibility index (Phi) is 3.77. The average Bonchev–Trinajstić information content (AvgIpc) is 2.06. The molecule has 0 aromatic heterocycles. The van der Waals surface area contributed by atoms with E-state index in [-0.39, 0.29) is 0 Å². The lowest BCUT2D eigenvalue weighted by molar-refractivity contribution is 0.386. The number of hydrogen-bond donors (Lipinski definition) is 0. The molecule has 0 aliphatic rings. The van der Waals surface area contributed by atoms with Crippen LogP contribution in [-0.2, 0) is 10.8 Å². The van der Waals surface area contributed by atoms with Gasteiger partial charge in [-0.25, -0.2) is 0 Å². The molecule has 1 aromatic rings. The molecule has 0 atom stereocenters. The van der Waals surface area contributed by atoms with E-state index in [0.29, 0.717) is 6.61 Å². The van der Waals surface area contributed by atoms with E-state index >= 15 is 0 Å². The minimum absolute atomic E-state index is 0.709. The van der Waals surface area contributed by atoms with Crippen molar-refractivity contribution in [3.05, 3.63) is 48.0 Å². The molecular weight excluding hydrogens is 164 g/mol. The highest BCUT2D eigenvalue weighted by atomic mass is 28.2. The second-order valence-corrected chi connectivity index (χ2v) is 3.42. The first-order valence-electron chi connectivity index (χ1n) is 4.02. The first kappa shape index (κ1) is 9.23. The van der Waals surface area contributed by atoms with Gasteiger partial charge in [-0.05, 0) is 17.6 Å². The Bertz CT molecular complexity index is 243. The Morgan fingerprint density at radius 3 is 2.58 bits per heavy atom. The van der Waals surface area contributed by atoms with Gasteiger partial charge in [0, 0.05) is 0 Å². The van der Waals surface area contributed by atoms with Crippen LogP contribution in [0.1, 0.15) is 5.56 Å². The molecule has 12 heavy (non-hydrogen) atoms. The molecule has 0 aliphatic heterocycles. The lowest BCUT2D eigenvalue weighted by Crippen LogP contribution is -1.97. The third-order valence-electron chi connectivity index (χ3n) is 1.65. The van der Waals surface area contributed by atoms with Crippen LogP contribution in [0.25, 0.3) is 0 Å². The molecule has 0 heterocycles. The molecule has 2 heteroatoms. The largest absolute Gasteiger partial charge is 0.424 e. The highest BCUT2D eigenvalue weighted by Crippen LogP contribution is 2.05. The summed E-state index contributed by atoms with van der Waals surface area (Å²) in [6.45, 7) is 4.65. The van der Waals surface area contributed by atoms with Crippen LogP contribution in [0.15, 0.2) is 42.5 Å². The van der Waals surface area contributed by atoms with E-state index in [1.54, 1.807) is 0 Å². The summed E-state index contributed by atoms with van der Waals surface area (Å²) in [4.78, 5) is 0. The van der Waals surface area contributed by atoms with Crippen LogP contribution in [-0.4, -0.2) is 17.1 Å². The van der Waals surface area contributed by atoms with Crippen LogP contribution in [0.5, 0.6) is 0 Å². The topological polar surface area (TPSA) is 9.23 Å². The van der Waals surface area contributed by atoms with Gasteiger partial charge in [0.1, 0.15) is 10.5 Å². The molecule has 0 amide bonds. The van der Waals surface area contributed by atoms with Gasteiger partial charge in [-0.15, -0.1) is 0 Å². The van der Waals surface area contributed by atoms with Crippen molar-refractivity contribution >= 4 is 10.5 Å². The summed E-state index contributed by atoms with van der Waals surface area (Å²) in [5.74, 6) is 0. The minimum Gasteiger partial charge on any atom is -0.424 e. The molecular formula is C10H14OSi. The summed E-state index contributed by atoms with van der Waals surface area (Å²) < 4.78 is 5.12. The first-order chi connectivity index (χ1) is 5.83. The molecule has 0 bridgehead atoms. The molecule has 0 spiro atoms. The number of rotatable bonds is 4. The summed E-state index contributed by atoms with van der Waals surface area (Å²) in [6.07, 6.45) is 0.934. The fourth-order valence-electron chi connectivity index (χ4n) is 1.14. The fourth-order valence-corrected chi connectivity index (χ4v) is 1.55. The van der Waals surface area contributed by atoms with Gasteiger partial charge < -0.3 is 4.43 Å². The van der Waals surface area contributed by atoms with E-state index < -0.39 is 0 Å². The van der Waals surface area contributed by atoms with E-state index in [1.807, 2.05) is 18.2 Å². The van der Waals surface area contributed by atoms with Crippen LogP contribution in [0.3, 0.4) is 0 Å². The zero-order chi connectivity index (χ0) is 8.81. The standard InChI is InChI=1S/C10H14OSi/c1-9(8-11-12)7-10-5-3-2-4-6-10/h2-6H,1,7-8H2,12H3. The van der Waals surface area contributed by atoms with Crippen LogP contribution in [0.4, 0.5) is 0 Å². The Morgan fingerprint density at radius 2 is 2.00 bits per heavy atom. The molecule has 0 saturated carbocycles. The molecule has 0 saturated heterocycles. The molecule has 1 nitrogen and oxygen atoms in total. The number of benzene rings is 1. The lowest BCUT2D eigenvalue weighted by Gasteiger charge is -2.03. The van der Waals surface area contributed by atoms with Gasteiger partial charge in [0.05, 0.1) is 6.61 Å². The van der Waals surface area contributed by atoms with Gasteiger partial charge in [-0.1, -0.05) is 36.9 Å². The molecule has 64 valence electrons. The second-order valence-electron chi connectivity index (χ2n) is 2.85. The Labute approximate surface area is 76.6 Å². The lowest BCUT2D eigenvalue weighted by atomic mass is 10.1. The van der Waals surface area contributed by atoms with Gasteiger partial charge in [-0.3, -0.25) is 0 Å². The Hall–Kier alpha value is -0.863. The summed E-state index contributed by atoms with van der Waals surface area (Å²) >= 11 is 0. The molecule has 0 unspecified atom stereocenters. The third kappa shape index (κ3) is 3.03. The van der Waals surface area contributed by atoms with Crippen molar-refractivity contribution in [2.24, 2.45) is 0 Å². The molecule has 0 N–H and O–H groups in total. The van der Waals surface area contributed by atoms with Crippen molar-refractivity contribution in [3.63, 3.8) is 0 Å². The van der Waals surface area contributed by atoms with Gasteiger partial charge in [-0.2, -0.15) is 0 Å². The van der Waals surface area contributed by atoms with E-state index in [0.717, 1.165) is 22.5 Å². The minimum atomic E-state index is 0.709. The quantitative estimate of drug-likeness (QED) is 0.495. The van der Waals surface area contributed by atoms with Gasteiger partial charge >= 0.3 is 0 Å². The van der Waals surface area contributed by atoms with E-state index in [4.69, 9.17) is 4.43 Å². The van der Waals surface area contributed by atoms with Crippen LogP contribution >= 0.6 is 0 Å². The maximum Gasteiger partial charge on any atom is 0.146 e. The van der Waals surface area contributed by atoms with Gasteiger partial charge in [0.15, 0.2) is 0 Å². The molecule has 0 radical (unpaired) electrons. The van der Waals surface area contributed by atoms with Crippen molar-refractivity contribution in [1.29, 1.82) is 0 Å². The van der Waals surface area contributed by atoms with Crippen molar-refractivity contribution in [2.45, 2.75) is 6.42 Å². The fraction of sp³-hybridized carbons (Fsp3) is 0.200. The van der Waals surface area contributed by atoms with Gasteiger partial charge in [0.2, 0.25) is 0 Å². The van der Waals surface area contributed by atoms with Crippen LogP contribution in [0.2, 0.25) is 0 Å². The number of hydrogen-bond acceptors (Lipinski definition) is 1. The molecule has 1 aromatic carbocycles. The normalized spacial score (nSPS) is 10.0. The third-order valence-corrected chi connectivity index (χ3v) is 1.93. The van der Waals surface area contributed by atoms with Crippen molar-refractivity contribution < 1.29 is 4.43 Å². The smallest absolute Gasteiger partial charge is 0.146 e. The Morgan fingerprint density at radius 1 is 1.33 bits per heavy atom. The monoisotopic (exact) mass is 178 g/mol. The SMILES string of the molecule is C=C(CO[SiH3])Cc1ccccc1. The van der Waals surface area contributed by atoms with E-state index in [1.165, 1.54) is 5.56 Å². The van der Waals surface area contributed by atoms with E-state index in [2.05, 4.69) is 18.7 Å². The predicted molar refractivity (Wildman–Crippen MR) is 55.2 cm³/mol. The first-order valence-corrected chi connectivity index (χ1v) is 4.84. The Balaban J connectivity index is 2.47. The average molecular weight is 178 g/mol. The molecule has 0 fully saturated rings. The molecule has 1 rings (SSSR count). The molecule has 0 aliphatic carbocycles. The van der Waals surface area contributed by atoms with Crippen LogP contribution in [0, 0.1) is 0 Å². The summed E-state index contributed by atoms with van der Waals surface area (Å²) in [5, 5.41) is 0. The predicted octanol–water partition coefficient (Wildman–Crippen LogP) is 1.08. The van der Waals surface area contributed by atoms with Gasteiger partial charge in [0.25, 0.3) is 0 Å². The van der Waals surface area contributed by atoms with Crippen molar-refractivity contribution in [1.82, 2.24) is 0 Å². The van der Waals surface area contributed by atoms with Crippen molar-refractivity contribution in [2.75, 3.05) is 6.61 Å². The zero-order valence-electron chi connectivity index (χ0n) is 7.42. The highest BCUT2D eigenvalue weighted by Gasteiger charge is 1.94. The summed E-state index contributed by atoms with van der Waals surface area (Å²) in [5.41, 5.74) is 2.46. The maximum absolute atomic E-state index is 5.12. The van der Waals surface area contributed by atoms with E-state index in [9.17, 15) is 0 Å².